The number of fused-ring (bicyclic) bond motifs is 1. The van der Waals surface area contributed by atoms with E-state index in [1.807, 2.05) is 30.3 Å². The van der Waals surface area contributed by atoms with Gasteiger partial charge in [0.2, 0.25) is 0 Å². The fourth-order valence-electron chi connectivity index (χ4n) is 3.11. The normalized spacial score (nSPS) is 11.3. The van der Waals surface area contributed by atoms with Gasteiger partial charge in [0.05, 0.1) is 0 Å². The van der Waals surface area contributed by atoms with Crippen LogP contribution >= 0.6 is 15.9 Å². The number of rotatable bonds is 8. The van der Waals surface area contributed by atoms with Crippen LogP contribution in [0.1, 0.15) is 5.56 Å². The van der Waals surface area contributed by atoms with Crippen LogP contribution < -0.4 is 4.74 Å². The molecule has 0 aliphatic heterocycles. The van der Waals surface area contributed by atoms with Crippen molar-refractivity contribution in [3.05, 3.63) is 76.9 Å². The maximum atomic E-state index is 5.90. The van der Waals surface area contributed by atoms with E-state index >= 15 is 0 Å². The SMILES string of the molecule is CN(CCOc1ccc(-c2nc3cc(Br)cnc3[nH]2)cc1)CCc1ccccc1. The summed E-state index contributed by atoms with van der Waals surface area (Å²) < 4.78 is 6.82. The number of benzene rings is 2. The average molecular weight is 451 g/mol. The maximum Gasteiger partial charge on any atom is 0.157 e. The summed E-state index contributed by atoms with van der Waals surface area (Å²) in [5.74, 6) is 1.67. The Morgan fingerprint density at radius 1 is 1.03 bits per heavy atom. The van der Waals surface area contributed by atoms with Crippen molar-refractivity contribution in [2.45, 2.75) is 6.42 Å². The predicted octanol–water partition coefficient (Wildman–Crippen LogP) is 4.94. The Morgan fingerprint density at radius 3 is 2.62 bits per heavy atom. The van der Waals surface area contributed by atoms with Gasteiger partial charge in [-0.25, -0.2) is 9.97 Å². The number of H-pyrrole nitrogens is 1. The largest absolute Gasteiger partial charge is 0.492 e. The molecule has 2 heterocycles. The molecular weight excluding hydrogens is 428 g/mol. The summed E-state index contributed by atoms with van der Waals surface area (Å²) >= 11 is 3.43. The van der Waals surface area contributed by atoms with Crippen LogP contribution in [0, 0.1) is 0 Å². The third-order valence-electron chi connectivity index (χ3n) is 4.80. The van der Waals surface area contributed by atoms with E-state index in [0.29, 0.717) is 6.61 Å². The molecule has 0 saturated carbocycles. The molecular formula is C23H23BrN4O. The second kappa shape index (κ2) is 9.20. The van der Waals surface area contributed by atoms with Gasteiger partial charge >= 0.3 is 0 Å². The number of nitrogens with zero attached hydrogens (tertiary/aromatic N) is 3. The van der Waals surface area contributed by atoms with Gasteiger partial charge in [-0.1, -0.05) is 30.3 Å². The molecule has 0 aliphatic carbocycles. The van der Waals surface area contributed by atoms with Gasteiger partial charge in [0, 0.05) is 29.3 Å². The fourth-order valence-corrected chi connectivity index (χ4v) is 3.43. The van der Waals surface area contributed by atoms with Gasteiger partial charge in [0.1, 0.15) is 23.7 Å². The summed E-state index contributed by atoms with van der Waals surface area (Å²) in [5.41, 5.74) is 3.99. The van der Waals surface area contributed by atoms with E-state index in [1.165, 1.54) is 5.56 Å². The van der Waals surface area contributed by atoms with E-state index < -0.39 is 0 Å². The molecule has 1 N–H and O–H groups in total. The van der Waals surface area contributed by atoms with E-state index in [0.717, 1.165) is 52.3 Å². The Bertz CT molecular complexity index is 1060. The Kier molecular flexibility index (Phi) is 6.22. The number of imidazole rings is 1. The highest BCUT2D eigenvalue weighted by molar-refractivity contribution is 9.10. The lowest BCUT2D eigenvalue weighted by Crippen LogP contribution is -2.26. The van der Waals surface area contributed by atoms with Gasteiger partial charge in [0.25, 0.3) is 0 Å². The van der Waals surface area contributed by atoms with Crippen molar-refractivity contribution in [3.63, 3.8) is 0 Å². The van der Waals surface area contributed by atoms with Crippen LogP contribution in [0.25, 0.3) is 22.6 Å². The van der Waals surface area contributed by atoms with E-state index in [4.69, 9.17) is 4.74 Å². The zero-order valence-electron chi connectivity index (χ0n) is 16.3. The minimum Gasteiger partial charge on any atom is -0.492 e. The number of halogens is 1. The number of hydrogen-bond acceptors (Lipinski definition) is 4. The molecule has 2 aromatic carbocycles. The van der Waals surface area contributed by atoms with Gasteiger partial charge in [-0.2, -0.15) is 0 Å². The number of pyridine rings is 1. The van der Waals surface area contributed by atoms with Crippen molar-refractivity contribution in [1.29, 1.82) is 0 Å². The Balaban J connectivity index is 1.28. The second-order valence-electron chi connectivity index (χ2n) is 7.02. The molecule has 6 heteroatoms. The number of nitrogens with one attached hydrogen (secondary N) is 1. The van der Waals surface area contributed by atoms with Crippen LogP contribution in [-0.4, -0.2) is 46.6 Å². The summed E-state index contributed by atoms with van der Waals surface area (Å²) in [6, 6.07) is 20.5. The second-order valence-corrected chi connectivity index (χ2v) is 7.93. The first-order valence-electron chi connectivity index (χ1n) is 9.64. The van der Waals surface area contributed by atoms with Crippen LogP contribution in [0.15, 0.2) is 71.3 Å². The topological polar surface area (TPSA) is 54.0 Å². The molecule has 0 unspecified atom stereocenters. The van der Waals surface area contributed by atoms with E-state index in [-0.39, 0.29) is 0 Å². The molecule has 0 radical (unpaired) electrons. The zero-order chi connectivity index (χ0) is 20.1. The van der Waals surface area contributed by atoms with Crippen molar-refractivity contribution < 1.29 is 4.74 Å². The van der Waals surface area contributed by atoms with Crippen molar-refractivity contribution >= 4 is 27.1 Å². The summed E-state index contributed by atoms with van der Waals surface area (Å²) in [4.78, 5) is 14.5. The van der Waals surface area contributed by atoms with E-state index in [9.17, 15) is 0 Å². The highest BCUT2D eigenvalue weighted by Crippen LogP contribution is 2.23. The third kappa shape index (κ3) is 5.22. The smallest absolute Gasteiger partial charge is 0.157 e. The molecule has 0 fully saturated rings. The molecule has 0 saturated heterocycles. The molecule has 4 aromatic rings. The van der Waals surface area contributed by atoms with Crippen molar-refractivity contribution in [1.82, 2.24) is 19.9 Å². The lowest BCUT2D eigenvalue weighted by molar-refractivity contribution is 0.239. The van der Waals surface area contributed by atoms with Crippen LogP contribution in [0.3, 0.4) is 0 Å². The molecule has 5 nitrogen and oxygen atoms in total. The summed E-state index contributed by atoms with van der Waals surface area (Å²) in [5, 5.41) is 0. The molecule has 0 amide bonds. The van der Waals surface area contributed by atoms with E-state index in [2.05, 4.69) is 73.2 Å². The van der Waals surface area contributed by atoms with Gasteiger partial charge in [0.15, 0.2) is 5.65 Å². The predicted molar refractivity (Wildman–Crippen MR) is 120 cm³/mol. The summed E-state index contributed by atoms with van der Waals surface area (Å²) in [6.45, 7) is 2.56. The van der Waals surface area contributed by atoms with Crippen molar-refractivity contribution in [3.8, 4) is 17.1 Å². The van der Waals surface area contributed by atoms with Crippen LogP contribution in [-0.2, 0) is 6.42 Å². The van der Waals surface area contributed by atoms with Gasteiger partial charge in [-0.3, -0.25) is 0 Å². The van der Waals surface area contributed by atoms with Gasteiger partial charge < -0.3 is 14.6 Å². The monoisotopic (exact) mass is 450 g/mol. The van der Waals surface area contributed by atoms with Gasteiger partial charge in [-0.15, -0.1) is 0 Å². The minimum atomic E-state index is 0.660. The summed E-state index contributed by atoms with van der Waals surface area (Å²) in [6.07, 6.45) is 2.81. The Labute approximate surface area is 178 Å². The third-order valence-corrected chi connectivity index (χ3v) is 5.23. The number of likely N-dealkylation sites (N-methyl/N-ethyl adjacent to an activating group) is 1. The number of hydrogen-bond donors (Lipinski definition) is 1. The first-order chi connectivity index (χ1) is 14.2. The van der Waals surface area contributed by atoms with Gasteiger partial charge in [-0.05, 0) is 65.3 Å². The first-order valence-corrected chi connectivity index (χ1v) is 10.4. The molecule has 0 bridgehead atoms. The van der Waals surface area contributed by atoms with Crippen LogP contribution in [0.2, 0.25) is 0 Å². The van der Waals surface area contributed by atoms with Crippen molar-refractivity contribution in [2.75, 3.05) is 26.7 Å². The molecule has 148 valence electrons. The minimum absolute atomic E-state index is 0.660. The van der Waals surface area contributed by atoms with Crippen molar-refractivity contribution in [2.24, 2.45) is 0 Å². The molecule has 0 spiro atoms. The maximum absolute atomic E-state index is 5.90. The number of ether oxygens (including phenoxy) is 1. The Hall–Kier alpha value is -2.70. The highest BCUT2D eigenvalue weighted by Gasteiger charge is 2.07. The molecule has 29 heavy (non-hydrogen) atoms. The quantitative estimate of drug-likeness (QED) is 0.412. The molecule has 2 aromatic heterocycles. The molecule has 0 aliphatic rings. The Morgan fingerprint density at radius 2 is 1.83 bits per heavy atom. The molecule has 4 rings (SSSR count). The first kappa shape index (κ1) is 19.6. The van der Waals surface area contributed by atoms with Crippen LogP contribution in [0.5, 0.6) is 5.75 Å². The van der Waals surface area contributed by atoms with Crippen LogP contribution in [0.4, 0.5) is 0 Å². The highest BCUT2D eigenvalue weighted by atomic mass is 79.9. The number of aromatic nitrogens is 3. The lowest BCUT2D eigenvalue weighted by Gasteiger charge is -2.17. The average Bonchev–Trinajstić information content (AvgIpc) is 3.17. The molecule has 0 atom stereocenters. The summed E-state index contributed by atoms with van der Waals surface area (Å²) in [7, 11) is 2.13. The zero-order valence-corrected chi connectivity index (χ0v) is 17.9. The fraction of sp³-hybridized carbons (Fsp3) is 0.217. The standard InChI is InChI=1S/C23H23BrN4O/c1-28(12-11-17-5-3-2-4-6-17)13-14-29-20-9-7-18(8-10-20)22-26-21-15-19(24)16-25-23(21)27-22/h2-10,15-16H,11-14H2,1H3,(H,25,26,27). The lowest BCUT2D eigenvalue weighted by atomic mass is 10.1. The van der Waals surface area contributed by atoms with E-state index in [1.54, 1.807) is 6.20 Å². The number of aromatic amines is 1.